The largest absolute Gasteiger partial charge is 0.313 e. The number of hydrogen-bond acceptors (Lipinski definition) is 2. The van der Waals surface area contributed by atoms with E-state index in [1.54, 1.807) is 0 Å². The first-order valence-electron chi connectivity index (χ1n) is 6.13. The minimum absolute atomic E-state index is 0.525. The molecule has 1 nitrogen and oxygen atoms in total. The molecule has 1 N–H and O–H groups in total. The minimum atomic E-state index is 0.525. The molecule has 1 heterocycles. The molecule has 0 aromatic heterocycles. The number of fused-ring (bicyclic) bond motifs is 1. The highest BCUT2D eigenvalue weighted by molar-refractivity contribution is 7.98. The fourth-order valence-corrected chi connectivity index (χ4v) is 3.65. The van der Waals surface area contributed by atoms with Crippen LogP contribution in [0.1, 0.15) is 36.6 Å². The summed E-state index contributed by atoms with van der Waals surface area (Å²) in [6.45, 7) is 4.58. The summed E-state index contributed by atoms with van der Waals surface area (Å²) in [4.78, 5) is 0. The predicted octanol–water partition coefficient (Wildman–Crippen LogP) is 3.39. The summed E-state index contributed by atoms with van der Waals surface area (Å²) in [6, 6.07) is 7.53. The molecule has 1 aromatic carbocycles. The lowest BCUT2D eigenvalue weighted by Gasteiger charge is -2.23. The summed E-state index contributed by atoms with van der Waals surface area (Å²) in [7, 11) is 2.08. The van der Waals surface area contributed by atoms with E-state index >= 15 is 0 Å². The second-order valence-corrected chi connectivity index (χ2v) is 5.68. The summed E-state index contributed by atoms with van der Waals surface area (Å²) in [5.74, 6) is 3.13. The van der Waals surface area contributed by atoms with Gasteiger partial charge < -0.3 is 5.32 Å². The first kappa shape index (κ1) is 12.0. The Kier molecular flexibility index (Phi) is 3.93. The zero-order chi connectivity index (χ0) is 11.5. The van der Waals surface area contributed by atoms with Crippen LogP contribution >= 0.6 is 11.8 Å². The van der Waals surface area contributed by atoms with E-state index < -0.39 is 0 Å². The standard InChI is InChI=1S/C14H21NS/c1-4-11-5-6-12-9-16-8-10(2)14(15-3)13(12)7-11/h5-7,10,14-15H,4,8-9H2,1-3H3. The molecule has 88 valence electrons. The van der Waals surface area contributed by atoms with Crippen molar-refractivity contribution in [2.24, 2.45) is 5.92 Å². The normalized spacial score (nSPS) is 24.9. The van der Waals surface area contributed by atoms with Crippen LogP contribution in [-0.4, -0.2) is 12.8 Å². The Bertz CT molecular complexity index is 362. The number of thioether (sulfide) groups is 1. The van der Waals surface area contributed by atoms with E-state index in [0.29, 0.717) is 12.0 Å². The van der Waals surface area contributed by atoms with Gasteiger partial charge in [0.1, 0.15) is 0 Å². The van der Waals surface area contributed by atoms with Crippen molar-refractivity contribution in [3.63, 3.8) is 0 Å². The molecule has 0 aliphatic carbocycles. The van der Waals surface area contributed by atoms with Crippen LogP contribution in [0.2, 0.25) is 0 Å². The first-order valence-corrected chi connectivity index (χ1v) is 7.28. The van der Waals surface area contributed by atoms with Gasteiger partial charge in [-0.05, 0) is 41.8 Å². The summed E-state index contributed by atoms with van der Waals surface area (Å²) in [6.07, 6.45) is 1.13. The van der Waals surface area contributed by atoms with E-state index in [1.165, 1.54) is 28.2 Å². The van der Waals surface area contributed by atoms with Crippen LogP contribution < -0.4 is 5.32 Å². The van der Waals surface area contributed by atoms with Crippen LogP contribution in [0.15, 0.2) is 18.2 Å². The van der Waals surface area contributed by atoms with Gasteiger partial charge in [-0.3, -0.25) is 0 Å². The number of benzene rings is 1. The zero-order valence-corrected chi connectivity index (χ0v) is 11.2. The second kappa shape index (κ2) is 5.24. The average Bonchev–Trinajstić information content (AvgIpc) is 2.46. The average molecular weight is 235 g/mol. The Labute approximate surface area is 103 Å². The molecule has 0 bridgehead atoms. The fourth-order valence-electron chi connectivity index (χ4n) is 2.48. The maximum absolute atomic E-state index is 3.49. The van der Waals surface area contributed by atoms with Gasteiger partial charge >= 0.3 is 0 Å². The molecule has 2 atom stereocenters. The molecule has 0 spiro atoms. The molecule has 0 saturated heterocycles. The van der Waals surface area contributed by atoms with Crippen LogP contribution in [0, 0.1) is 5.92 Å². The molecule has 16 heavy (non-hydrogen) atoms. The smallest absolute Gasteiger partial charge is 0.0354 e. The van der Waals surface area contributed by atoms with Crippen molar-refractivity contribution in [1.82, 2.24) is 5.32 Å². The number of rotatable bonds is 2. The van der Waals surface area contributed by atoms with E-state index in [-0.39, 0.29) is 0 Å². The summed E-state index contributed by atoms with van der Waals surface area (Å²) in [5.41, 5.74) is 4.50. The zero-order valence-electron chi connectivity index (χ0n) is 10.4. The number of hydrogen-bond donors (Lipinski definition) is 1. The minimum Gasteiger partial charge on any atom is -0.313 e. The molecular weight excluding hydrogens is 214 g/mol. The van der Waals surface area contributed by atoms with Crippen molar-refractivity contribution in [1.29, 1.82) is 0 Å². The Morgan fingerprint density at radius 1 is 1.44 bits per heavy atom. The van der Waals surface area contributed by atoms with Crippen LogP contribution in [0.5, 0.6) is 0 Å². The lowest BCUT2D eigenvalue weighted by Crippen LogP contribution is -2.24. The number of nitrogens with one attached hydrogen (secondary N) is 1. The molecule has 2 rings (SSSR count). The van der Waals surface area contributed by atoms with E-state index in [2.05, 4.69) is 56.2 Å². The maximum atomic E-state index is 3.49. The van der Waals surface area contributed by atoms with Crippen molar-refractivity contribution < 1.29 is 0 Å². The van der Waals surface area contributed by atoms with E-state index in [0.717, 1.165) is 6.42 Å². The fraction of sp³-hybridized carbons (Fsp3) is 0.571. The van der Waals surface area contributed by atoms with Gasteiger partial charge in [-0.1, -0.05) is 32.0 Å². The van der Waals surface area contributed by atoms with Gasteiger partial charge in [-0.15, -0.1) is 0 Å². The topological polar surface area (TPSA) is 12.0 Å². The number of aryl methyl sites for hydroxylation is 1. The molecule has 0 radical (unpaired) electrons. The molecule has 1 aromatic rings. The lowest BCUT2D eigenvalue weighted by atomic mass is 9.91. The third-order valence-electron chi connectivity index (χ3n) is 3.47. The van der Waals surface area contributed by atoms with Gasteiger partial charge in [0.05, 0.1) is 0 Å². The van der Waals surface area contributed by atoms with Gasteiger partial charge in [-0.25, -0.2) is 0 Å². The first-order chi connectivity index (χ1) is 7.76. The van der Waals surface area contributed by atoms with Crippen molar-refractivity contribution in [3.8, 4) is 0 Å². The van der Waals surface area contributed by atoms with E-state index in [1.807, 2.05) is 0 Å². The Balaban J connectivity index is 2.42. The van der Waals surface area contributed by atoms with Crippen LogP contribution in [0.25, 0.3) is 0 Å². The highest BCUT2D eigenvalue weighted by Crippen LogP contribution is 2.34. The van der Waals surface area contributed by atoms with Gasteiger partial charge in [0.25, 0.3) is 0 Å². The van der Waals surface area contributed by atoms with Crippen LogP contribution in [0.4, 0.5) is 0 Å². The van der Waals surface area contributed by atoms with Gasteiger partial charge in [0.2, 0.25) is 0 Å². The third kappa shape index (κ3) is 2.28. The highest BCUT2D eigenvalue weighted by atomic mass is 32.2. The maximum Gasteiger partial charge on any atom is 0.0354 e. The van der Waals surface area contributed by atoms with Gasteiger partial charge in [0, 0.05) is 11.8 Å². The van der Waals surface area contributed by atoms with E-state index in [4.69, 9.17) is 0 Å². The van der Waals surface area contributed by atoms with Crippen molar-refractivity contribution >= 4 is 11.8 Å². The predicted molar refractivity (Wildman–Crippen MR) is 72.9 cm³/mol. The van der Waals surface area contributed by atoms with E-state index in [9.17, 15) is 0 Å². The van der Waals surface area contributed by atoms with Gasteiger partial charge in [-0.2, -0.15) is 11.8 Å². The van der Waals surface area contributed by atoms with Gasteiger partial charge in [0.15, 0.2) is 0 Å². The van der Waals surface area contributed by atoms with Crippen LogP contribution in [-0.2, 0) is 12.2 Å². The molecule has 0 amide bonds. The highest BCUT2D eigenvalue weighted by Gasteiger charge is 2.23. The Hall–Kier alpha value is -0.470. The molecular formula is C14H21NS. The van der Waals surface area contributed by atoms with Crippen molar-refractivity contribution in [2.75, 3.05) is 12.8 Å². The SMILES string of the molecule is CCc1ccc2c(c1)C(NC)C(C)CSC2. The Morgan fingerprint density at radius 3 is 2.94 bits per heavy atom. The van der Waals surface area contributed by atoms with Crippen molar-refractivity contribution in [2.45, 2.75) is 32.1 Å². The van der Waals surface area contributed by atoms with Crippen LogP contribution in [0.3, 0.4) is 0 Å². The molecule has 2 unspecified atom stereocenters. The monoisotopic (exact) mass is 235 g/mol. The quantitative estimate of drug-likeness (QED) is 0.843. The second-order valence-electron chi connectivity index (χ2n) is 4.65. The summed E-state index contributed by atoms with van der Waals surface area (Å²) in [5, 5.41) is 3.49. The molecule has 1 aliphatic heterocycles. The molecule has 0 saturated carbocycles. The Morgan fingerprint density at radius 2 is 2.25 bits per heavy atom. The third-order valence-corrected chi connectivity index (χ3v) is 4.75. The molecule has 1 aliphatic rings. The lowest BCUT2D eigenvalue weighted by molar-refractivity contribution is 0.450. The summed E-state index contributed by atoms with van der Waals surface area (Å²) < 4.78 is 0. The van der Waals surface area contributed by atoms with Crippen molar-refractivity contribution in [3.05, 3.63) is 34.9 Å². The summed E-state index contributed by atoms with van der Waals surface area (Å²) >= 11 is 2.06. The molecule has 0 fully saturated rings. The molecule has 2 heteroatoms.